The summed E-state index contributed by atoms with van der Waals surface area (Å²) in [5.74, 6) is 0. The number of anilines is 1. The second kappa shape index (κ2) is 5.94. The Balaban J connectivity index is 3.01. The third kappa shape index (κ3) is 4.15. The summed E-state index contributed by atoms with van der Waals surface area (Å²) >= 11 is 5.97. The lowest BCUT2D eigenvalue weighted by Gasteiger charge is -2.26. The molecule has 1 aromatic rings. The average molecular weight is 281 g/mol. The number of halogens is 1. The number of hydrogen-bond acceptors (Lipinski definition) is 3. The molecule has 0 atom stereocenters. The molecule has 0 aliphatic carbocycles. The van der Waals surface area contributed by atoms with Gasteiger partial charge in [0, 0.05) is 12.2 Å². The van der Waals surface area contributed by atoms with E-state index in [-0.39, 0.29) is 0 Å². The van der Waals surface area contributed by atoms with Crippen molar-refractivity contribution in [2.75, 3.05) is 11.4 Å². The molecule has 0 aromatic heterocycles. The second-order valence-electron chi connectivity index (χ2n) is 5.00. The fourth-order valence-corrected chi connectivity index (χ4v) is 1.71. The third-order valence-electron chi connectivity index (χ3n) is 2.31. The van der Waals surface area contributed by atoms with Gasteiger partial charge >= 0.3 is 6.09 Å². The van der Waals surface area contributed by atoms with Gasteiger partial charge in [-0.05, 0) is 45.9 Å². The molecule has 19 heavy (non-hydrogen) atoms. The molecule has 0 heterocycles. The first-order valence-corrected chi connectivity index (χ1v) is 6.36. The maximum Gasteiger partial charge on any atom is 0.414 e. The van der Waals surface area contributed by atoms with E-state index in [9.17, 15) is 4.79 Å². The van der Waals surface area contributed by atoms with Crippen LogP contribution in [0, 0.1) is 11.3 Å². The van der Waals surface area contributed by atoms with Gasteiger partial charge in [0.25, 0.3) is 0 Å². The zero-order valence-electron chi connectivity index (χ0n) is 11.5. The predicted molar refractivity (Wildman–Crippen MR) is 75.4 cm³/mol. The Hall–Kier alpha value is -1.73. The SMILES string of the molecule is CCN(C(=O)OC(C)(C)C)c1ccc(C#N)c(Cl)c1. The zero-order valence-corrected chi connectivity index (χ0v) is 12.3. The fraction of sp³-hybridized carbons (Fsp3) is 0.429. The third-order valence-corrected chi connectivity index (χ3v) is 2.63. The molecule has 0 radical (unpaired) electrons. The number of carbonyl (C=O) groups excluding carboxylic acids is 1. The van der Waals surface area contributed by atoms with E-state index < -0.39 is 11.7 Å². The summed E-state index contributed by atoms with van der Waals surface area (Å²) in [6, 6.07) is 6.84. The van der Waals surface area contributed by atoms with Crippen LogP contribution in [-0.2, 0) is 4.74 Å². The van der Waals surface area contributed by atoms with Crippen LogP contribution in [0.1, 0.15) is 33.3 Å². The van der Waals surface area contributed by atoms with E-state index in [1.807, 2.05) is 33.8 Å². The number of nitriles is 1. The number of amides is 1. The number of hydrogen-bond donors (Lipinski definition) is 0. The van der Waals surface area contributed by atoms with Crippen molar-refractivity contribution in [2.24, 2.45) is 0 Å². The molecule has 0 aliphatic rings. The van der Waals surface area contributed by atoms with Crippen LogP contribution >= 0.6 is 11.6 Å². The topological polar surface area (TPSA) is 53.3 Å². The molecule has 1 rings (SSSR count). The highest BCUT2D eigenvalue weighted by Crippen LogP contribution is 2.24. The summed E-state index contributed by atoms with van der Waals surface area (Å²) in [5, 5.41) is 9.15. The van der Waals surface area contributed by atoms with Gasteiger partial charge in [-0.2, -0.15) is 5.26 Å². The average Bonchev–Trinajstić information content (AvgIpc) is 2.27. The fourth-order valence-electron chi connectivity index (χ4n) is 1.50. The highest BCUT2D eigenvalue weighted by molar-refractivity contribution is 6.32. The first-order valence-electron chi connectivity index (χ1n) is 5.98. The van der Waals surface area contributed by atoms with Gasteiger partial charge < -0.3 is 4.74 Å². The first-order chi connectivity index (χ1) is 8.78. The highest BCUT2D eigenvalue weighted by Gasteiger charge is 2.22. The Kier molecular flexibility index (Phi) is 4.79. The molecule has 102 valence electrons. The van der Waals surface area contributed by atoms with E-state index in [2.05, 4.69) is 0 Å². The van der Waals surface area contributed by atoms with E-state index >= 15 is 0 Å². The van der Waals surface area contributed by atoms with Crippen LogP contribution in [0.2, 0.25) is 5.02 Å². The van der Waals surface area contributed by atoms with E-state index in [1.54, 1.807) is 18.2 Å². The molecule has 0 unspecified atom stereocenters. The van der Waals surface area contributed by atoms with Crippen LogP contribution in [0.25, 0.3) is 0 Å². The largest absolute Gasteiger partial charge is 0.443 e. The smallest absolute Gasteiger partial charge is 0.414 e. The molecule has 0 bridgehead atoms. The summed E-state index contributed by atoms with van der Waals surface area (Å²) in [6.07, 6.45) is -0.434. The molecule has 0 aliphatic heterocycles. The number of ether oxygens (including phenoxy) is 1. The van der Waals surface area contributed by atoms with Gasteiger partial charge in [0.15, 0.2) is 0 Å². The maximum absolute atomic E-state index is 12.1. The number of rotatable bonds is 2. The van der Waals surface area contributed by atoms with Crippen LogP contribution in [-0.4, -0.2) is 18.2 Å². The molecule has 1 amide bonds. The van der Waals surface area contributed by atoms with Gasteiger partial charge in [0.1, 0.15) is 11.7 Å². The zero-order chi connectivity index (χ0) is 14.6. The molecule has 0 saturated heterocycles. The first kappa shape index (κ1) is 15.3. The quantitative estimate of drug-likeness (QED) is 0.823. The standard InChI is InChI=1S/C14H17ClN2O2/c1-5-17(13(18)19-14(2,3)4)11-7-6-10(9-16)12(15)8-11/h6-8H,5H2,1-4H3. The Morgan fingerprint density at radius 3 is 2.53 bits per heavy atom. The number of nitrogens with zero attached hydrogens (tertiary/aromatic N) is 2. The van der Waals surface area contributed by atoms with Gasteiger partial charge in [-0.25, -0.2) is 4.79 Å². The summed E-state index contributed by atoms with van der Waals surface area (Å²) in [4.78, 5) is 13.5. The van der Waals surface area contributed by atoms with E-state index in [4.69, 9.17) is 21.6 Å². The van der Waals surface area contributed by atoms with Gasteiger partial charge in [-0.3, -0.25) is 4.90 Å². The Bertz CT molecular complexity index is 515. The summed E-state index contributed by atoms with van der Waals surface area (Å²) in [6.45, 7) is 7.73. The Morgan fingerprint density at radius 1 is 1.47 bits per heavy atom. The van der Waals surface area contributed by atoms with Crippen LogP contribution in [0.5, 0.6) is 0 Å². The molecule has 0 spiro atoms. The monoisotopic (exact) mass is 280 g/mol. The lowest BCUT2D eigenvalue weighted by Crippen LogP contribution is -2.36. The van der Waals surface area contributed by atoms with Crippen LogP contribution in [0.15, 0.2) is 18.2 Å². The van der Waals surface area contributed by atoms with Crippen molar-refractivity contribution < 1.29 is 9.53 Å². The van der Waals surface area contributed by atoms with Gasteiger partial charge in [-0.15, -0.1) is 0 Å². The normalized spacial score (nSPS) is 10.7. The lowest BCUT2D eigenvalue weighted by molar-refractivity contribution is 0.0582. The molecular weight excluding hydrogens is 264 g/mol. The van der Waals surface area contributed by atoms with Crippen molar-refractivity contribution in [1.82, 2.24) is 0 Å². The van der Waals surface area contributed by atoms with E-state index in [0.717, 1.165) is 0 Å². The van der Waals surface area contributed by atoms with Gasteiger partial charge in [0.2, 0.25) is 0 Å². The Morgan fingerprint density at radius 2 is 2.11 bits per heavy atom. The molecule has 5 heteroatoms. The number of carbonyl (C=O) groups is 1. The molecule has 4 nitrogen and oxygen atoms in total. The van der Waals surface area contributed by atoms with Crippen molar-refractivity contribution in [3.8, 4) is 6.07 Å². The molecule has 0 fully saturated rings. The second-order valence-corrected chi connectivity index (χ2v) is 5.41. The van der Waals surface area contributed by atoms with Gasteiger partial charge in [0.05, 0.1) is 10.6 Å². The number of benzene rings is 1. The summed E-state index contributed by atoms with van der Waals surface area (Å²) < 4.78 is 5.32. The summed E-state index contributed by atoms with van der Waals surface area (Å²) in [7, 11) is 0. The Labute approximate surface area is 118 Å². The molecule has 0 saturated carbocycles. The van der Waals surface area contributed by atoms with Crippen molar-refractivity contribution in [3.05, 3.63) is 28.8 Å². The van der Waals surface area contributed by atoms with Crippen molar-refractivity contribution in [1.29, 1.82) is 5.26 Å². The minimum Gasteiger partial charge on any atom is -0.443 e. The van der Waals surface area contributed by atoms with Crippen molar-refractivity contribution >= 4 is 23.4 Å². The summed E-state index contributed by atoms with van der Waals surface area (Å²) in [5.41, 5.74) is 0.437. The molecule has 0 N–H and O–H groups in total. The molecular formula is C14H17ClN2O2. The maximum atomic E-state index is 12.1. The minimum atomic E-state index is -0.555. The van der Waals surface area contributed by atoms with Crippen LogP contribution in [0.4, 0.5) is 10.5 Å². The lowest BCUT2D eigenvalue weighted by atomic mass is 10.2. The van der Waals surface area contributed by atoms with Crippen molar-refractivity contribution in [3.63, 3.8) is 0 Å². The minimum absolute atomic E-state index is 0.321. The predicted octanol–water partition coefficient (Wildman–Crippen LogP) is 3.97. The van der Waals surface area contributed by atoms with E-state index in [1.165, 1.54) is 4.90 Å². The van der Waals surface area contributed by atoms with Crippen LogP contribution in [0.3, 0.4) is 0 Å². The highest BCUT2D eigenvalue weighted by atomic mass is 35.5. The van der Waals surface area contributed by atoms with Crippen LogP contribution < -0.4 is 4.90 Å². The molecule has 1 aromatic carbocycles. The van der Waals surface area contributed by atoms with E-state index in [0.29, 0.717) is 22.8 Å². The van der Waals surface area contributed by atoms with Crippen molar-refractivity contribution in [2.45, 2.75) is 33.3 Å². The van der Waals surface area contributed by atoms with Gasteiger partial charge in [-0.1, -0.05) is 11.6 Å².